The van der Waals surface area contributed by atoms with Crippen molar-refractivity contribution in [2.45, 2.75) is 17.9 Å². The van der Waals surface area contributed by atoms with Crippen molar-refractivity contribution < 1.29 is 14.5 Å². The van der Waals surface area contributed by atoms with Crippen molar-refractivity contribution in [3.63, 3.8) is 0 Å². The Balaban J connectivity index is 1.37. The van der Waals surface area contributed by atoms with Crippen molar-refractivity contribution in [2.75, 3.05) is 39.0 Å². The molecule has 0 aromatic heterocycles. The van der Waals surface area contributed by atoms with Crippen molar-refractivity contribution in [2.24, 2.45) is 0 Å². The van der Waals surface area contributed by atoms with Crippen LogP contribution in [0.4, 0.5) is 5.69 Å². The van der Waals surface area contributed by atoms with Gasteiger partial charge in [0.25, 0.3) is 11.6 Å². The Hall–Kier alpha value is -2.58. The number of hydrogen-bond acceptors (Lipinski definition) is 6. The van der Waals surface area contributed by atoms with Crippen molar-refractivity contribution in [3.05, 3.63) is 63.2 Å². The zero-order chi connectivity index (χ0) is 20.4. The Kier molecular flexibility index (Phi) is 5.73. The van der Waals surface area contributed by atoms with Crippen LogP contribution in [0.15, 0.2) is 41.3 Å². The summed E-state index contributed by atoms with van der Waals surface area (Å²) in [7, 11) is 0. The third kappa shape index (κ3) is 4.23. The number of carbonyl (C=O) groups is 1. The Bertz CT molecular complexity index is 942. The van der Waals surface area contributed by atoms with E-state index in [0.717, 1.165) is 38.4 Å². The van der Waals surface area contributed by atoms with Crippen LogP contribution in [0.25, 0.3) is 0 Å². The molecule has 0 bridgehead atoms. The average Bonchev–Trinajstić information content (AvgIpc) is 3.21. The zero-order valence-electron chi connectivity index (χ0n) is 16.3. The summed E-state index contributed by atoms with van der Waals surface area (Å²) in [6, 6.07) is 11.1. The third-order valence-electron chi connectivity index (χ3n) is 5.44. The number of hydrogen-bond donors (Lipinski definition) is 0. The van der Waals surface area contributed by atoms with E-state index in [4.69, 9.17) is 4.74 Å². The highest BCUT2D eigenvalue weighted by atomic mass is 32.2. The maximum absolute atomic E-state index is 12.8. The molecule has 2 aromatic rings. The SMILES string of the molecule is CSc1ccc(C(=O)N2CCN(Cc3ccc4c(c3)CCO4)CC2)cc1[N+](=O)[O-]. The van der Waals surface area contributed by atoms with Crippen LogP contribution < -0.4 is 4.74 Å². The summed E-state index contributed by atoms with van der Waals surface area (Å²) in [5.41, 5.74) is 2.90. The Labute approximate surface area is 173 Å². The van der Waals surface area contributed by atoms with Gasteiger partial charge in [0.15, 0.2) is 0 Å². The average molecular weight is 413 g/mol. The predicted octanol–water partition coefficient (Wildman–Crippen LogP) is 3.21. The van der Waals surface area contributed by atoms with Crippen LogP contribution >= 0.6 is 11.8 Å². The first kappa shape index (κ1) is 19.7. The maximum atomic E-state index is 12.8. The number of amides is 1. The molecule has 7 nitrogen and oxygen atoms in total. The largest absolute Gasteiger partial charge is 0.493 e. The fourth-order valence-corrected chi connectivity index (χ4v) is 4.40. The number of nitrogens with zero attached hydrogens (tertiary/aromatic N) is 3. The van der Waals surface area contributed by atoms with E-state index >= 15 is 0 Å². The van der Waals surface area contributed by atoms with Gasteiger partial charge in [0.05, 0.1) is 16.4 Å². The highest BCUT2D eigenvalue weighted by molar-refractivity contribution is 7.98. The first-order valence-corrected chi connectivity index (χ1v) is 10.9. The van der Waals surface area contributed by atoms with E-state index in [-0.39, 0.29) is 11.6 Å². The summed E-state index contributed by atoms with van der Waals surface area (Å²) >= 11 is 1.31. The molecule has 8 heteroatoms. The van der Waals surface area contributed by atoms with Gasteiger partial charge < -0.3 is 9.64 Å². The molecule has 2 aliphatic heterocycles. The summed E-state index contributed by atoms with van der Waals surface area (Å²) < 4.78 is 5.56. The topological polar surface area (TPSA) is 75.9 Å². The molecule has 1 saturated heterocycles. The molecule has 0 saturated carbocycles. The van der Waals surface area contributed by atoms with Crippen LogP contribution in [0.2, 0.25) is 0 Å². The van der Waals surface area contributed by atoms with Crippen LogP contribution in [0.3, 0.4) is 0 Å². The lowest BCUT2D eigenvalue weighted by atomic mass is 10.1. The summed E-state index contributed by atoms with van der Waals surface area (Å²) in [4.78, 5) is 28.4. The predicted molar refractivity (Wildman–Crippen MR) is 112 cm³/mol. The van der Waals surface area contributed by atoms with Crippen molar-refractivity contribution in [1.82, 2.24) is 9.80 Å². The molecule has 0 N–H and O–H groups in total. The monoisotopic (exact) mass is 413 g/mol. The summed E-state index contributed by atoms with van der Waals surface area (Å²) in [5, 5.41) is 11.3. The molecule has 4 rings (SSSR count). The third-order valence-corrected chi connectivity index (χ3v) is 6.23. The van der Waals surface area contributed by atoms with Gasteiger partial charge in [0.1, 0.15) is 5.75 Å². The Morgan fingerprint density at radius 3 is 2.69 bits per heavy atom. The maximum Gasteiger partial charge on any atom is 0.283 e. The van der Waals surface area contributed by atoms with Crippen LogP contribution in [-0.4, -0.2) is 59.7 Å². The van der Waals surface area contributed by atoms with Gasteiger partial charge in [0.2, 0.25) is 0 Å². The fourth-order valence-electron chi connectivity index (χ4n) is 3.85. The van der Waals surface area contributed by atoms with E-state index in [1.54, 1.807) is 23.3 Å². The standard InChI is InChI=1S/C21H23N3O4S/c1-29-20-5-3-17(13-18(20)24(26)27)21(25)23-9-7-22(8-10-23)14-15-2-4-19-16(12-15)6-11-28-19/h2-5,12-13H,6-11,14H2,1H3. The minimum absolute atomic E-state index is 0.0115. The Morgan fingerprint density at radius 1 is 1.17 bits per heavy atom. The van der Waals surface area contributed by atoms with Gasteiger partial charge in [-0.25, -0.2) is 0 Å². The molecule has 1 amide bonds. The second-order valence-corrected chi connectivity index (χ2v) is 8.10. The smallest absolute Gasteiger partial charge is 0.283 e. The highest BCUT2D eigenvalue weighted by Crippen LogP contribution is 2.29. The summed E-state index contributed by atoms with van der Waals surface area (Å²) in [5.74, 6) is 0.848. The minimum Gasteiger partial charge on any atom is -0.493 e. The van der Waals surface area contributed by atoms with Gasteiger partial charge in [-0.05, 0) is 35.6 Å². The number of benzene rings is 2. The number of thioether (sulfide) groups is 1. The van der Waals surface area contributed by atoms with E-state index < -0.39 is 4.92 Å². The van der Waals surface area contributed by atoms with E-state index in [9.17, 15) is 14.9 Å². The van der Waals surface area contributed by atoms with Crippen LogP contribution in [-0.2, 0) is 13.0 Å². The first-order chi connectivity index (χ1) is 14.0. The molecular formula is C21H23N3O4S. The van der Waals surface area contributed by atoms with Crippen LogP contribution in [0.1, 0.15) is 21.5 Å². The van der Waals surface area contributed by atoms with Gasteiger partial charge in [-0.2, -0.15) is 0 Å². The number of carbonyl (C=O) groups excluding carboxylic acids is 1. The van der Waals surface area contributed by atoms with E-state index in [2.05, 4.69) is 17.0 Å². The van der Waals surface area contributed by atoms with Gasteiger partial charge >= 0.3 is 0 Å². The lowest BCUT2D eigenvalue weighted by Crippen LogP contribution is -2.48. The van der Waals surface area contributed by atoms with Crippen molar-refractivity contribution in [1.29, 1.82) is 0 Å². The number of ether oxygens (including phenoxy) is 1. The highest BCUT2D eigenvalue weighted by Gasteiger charge is 2.25. The molecule has 0 atom stereocenters. The number of nitro groups is 1. The normalized spacial score (nSPS) is 16.4. The molecule has 2 aromatic carbocycles. The summed E-state index contributed by atoms with van der Waals surface area (Å²) in [6.07, 6.45) is 2.75. The molecule has 0 unspecified atom stereocenters. The summed E-state index contributed by atoms with van der Waals surface area (Å²) in [6.45, 7) is 4.41. The number of nitro benzene ring substituents is 1. The van der Waals surface area contributed by atoms with Gasteiger partial charge in [-0.1, -0.05) is 12.1 Å². The Morgan fingerprint density at radius 2 is 1.97 bits per heavy atom. The van der Waals surface area contributed by atoms with E-state index in [0.29, 0.717) is 23.5 Å². The van der Waals surface area contributed by atoms with Crippen molar-refractivity contribution in [3.8, 4) is 5.75 Å². The second-order valence-electron chi connectivity index (χ2n) is 7.25. The first-order valence-electron chi connectivity index (χ1n) is 9.64. The van der Waals surface area contributed by atoms with Crippen LogP contribution in [0, 0.1) is 10.1 Å². The van der Waals surface area contributed by atoms with Crippen molar-refractivity contribution >= 4 is 23.4 Å². The van der Waals surface area contributed by atoms with Gasteiger partial charge in [-0.15, -0.1) is 11.8 Å². The zero-order valence-corrected chi connectivity index (χ0v) is 17.1. The fraction of sp³-hybridized carbons (Fsp3) is 0.381. The molecule has 0 radical (unpaired) electrons. The molecular weight excluding hydrogens is 390 g/mol. The molecule has 152 valence electrons. The molecule has 2 heterocycles. The van der Waals surface area contributed by atoms with Gasteiger partial charge in [-0.3, -0.25) is 19.8 Å². The lowest BCUT2D eigenvalue weighted by Gasteiger charge is -2.34. The number of rotatable bonds is 5. The quantitative estimate of drug-likeness (QED) is 0.426. The molecule has 2 aliphatic rings. The molecule has 0 aliphatic carbocycles. The van der Waals surface area contributed by atoms with Crippen LogP contribution in [0.5, 0.6) is 5.75 Å². The van der Waals surface area contributed by atoms with E-state index in [1.165, 1.54) is 29.0 Å². The minimum atomic E-state index is -0.428. The number of fused-ring (bicyclic) bond motifs is 1. The second kappa shape index (κ2) is 8.42. The van der Waals surface area contributed by atoms with E-state index in [1.807, 2.05) is 6.07 Å². The van der Waals surface area contributed by atoms with Gasteiger partial charge in [0, 0.05) is 50.8 Å². The number of piperazine rings is 1. The lowest BCUT2D eigenvalue weighted by molar-refractivity contribution is -0.387. The molecule has 0 spiro atoms. The molecule has 29 heavy (non-hydrogen) atoms. The molecule has 1 fully saturated rings.